The molecule has 0 aromatic heterocycles. The molecule has 2 unspecified atom stereocenters. The average Bonchev–Trinajstić information content (AvgIpc) is 3.07. The molecule has 2 atom stereocenters. The molecule has 2 nitrogen and oxygen atoms in total. The van der Waals surface area contributed by atoms with Gasteiger partial charge in [-0.1, -0.05) is 60.3 Å². The molecular formula is C19H13O2S2-. The maximum absolute atomic E-state index is 12.4. The van der Waals surface area contributed by atoms with Crippen LogP contribution in [0.3, 0.4) is 0 Å². The second kappa shape index (κ2) is 6.04. The first-order valence-corrected chi connectivity index (χ1v) is 9.05. The summed E-state index contributed by atoms with van der Waals surface area (Å²) >= 11 is 3.08. The van der Waals surface area contributed by atoms with Crippen molar-refractivity contribution in [2.75, 3.05) is 0 Å². The smallest absolute Gasteiger partial charge is 0.200 e. The third-order valence-corrected chi connectivity index (χ3v) is 6.33. The van der Waals surface area contributed by atoms with Crippen LogP contribution in [0.4, 0.5) is 0 Å². The maximum atomic E-state index is 12.4. The number of rotatable bonds is 2. The van der Waals surface area contributed by atoms with Crippen LogP contribution in [0.1, 0.15) is 22.0 Å². The van der Waals surface area contributed by atoms with Crippen molar-refractivity contribution in [3.8, 4) is 0 Å². The number of hydrogen-bond donors (Lipinski definition) is 0. The Hall–Kier alpha value is -1.75. The Kier molecular flexibility index (Phi) is 3.89. The fraction of sp³-hybridized carbons (Fsp3) is 0.105. The molecule has 4 heteroatoms. The second-order valence-corrected chi connectivity index (χ2v) is 7.69. The summed E-state index contributed by atoms with van der Waals surface area (Å²) < 4.78 is 0. The number of Topliss-reactive ketones (excluding diaryl/α,β-unsaturated/α-hetero) is 1. The molecule has 2 heterocycles. The average molecular weight is 337 g/mol. The van der Waals surface area contributed by atoms with E-state index in [0.29, 0.717) is 4.91 Å². The van der Waals surface area contributed by atoms with Crippen LogP contribution in [0.2, 0.25) is 0 Å². The van der Waals surface area contributed by atoms with Crippen molar-refractivity contribution in [3.63, 3.8) is 0 Å². The first kappa shape index (κ1) is 14.8. The lowest BCUT2D eigenvalue weighted by Crippen LogP contribution is -2.21. The van der Waals surface area contributed by atoms with Crippen LogP contribution in [0, 0.1) is 0 Å². The first-order chi connectivity index (χ1) is 11.2. The van der Waals surface area contributed by atoms with Crippen molar-refractivity contribution in [2.24, 2.45) is 0 Å². The fourth-order valence-electron chi connectivity index (χ4n) is 2.75. The summed E-state index contributed by atoms with van der Waals surface area (Å²) in [5.41, 5.74) is 1.64. The maximum Gasteiger partial charge on any atom is 0.200 e. The summed E-state index contributed by atoms with van der Waals surface area (Å²) in [4.78, 5) is 15.1. The number of benzene rings is 2. The van der Waals surface area contributed by atoms with Crippen LogP contribution >= 0.6 is 23.5 Å². The quantitative estimate of drug-likeness (QED) is 0.777. The molecule has 23 heavy (non-hydrogen) atoms. The van der Waals surface area contributed by atoms with Gasteiger partial charge in [-0.25, -0.2) is 0 Å². The number of carbonyl (C=O) groups is 1. The molecule has 114 valence electrons. The van der Waals surface area contributed by atoms with Crippen LogP contribution in [-0.4, -0.2) is 11.0 Å². The summed E-state index contributed by atoms with van der Waals surface area (Å²) in [6.07, 6.45) is 4.84. The standard InChI is InChI=1S/C19H13O2S2/c20-18-12-6-1-3-8-14(12)22-16(18)10-5-11-17-19(21)13-7-2-4-9-15(13)23-17/h1-11,16,18H/q-1/b10-5+,17-11+. The molecule has 2 aromatic carbocycles. The molecule has 0 amide bonds. The van der Waals surface area contributed by atoms with Gasteiger partial charge in [0.2, 0.25) is 5.78 Å². The number of allylic oxidation sites excluding steroid dienone is 3. The van der Waals surface area contributed by atoms with Crippen molar-refractivity contribution < 1.29 is 9.90 Å². The largest absolute Gasteiger partial charge is 0.847 e. The molecule has 0 saturated heterocycles. The van der Waals surface area contributed by atoms with E-state index >= 15 is 0 Å². The van der Waals surface area contributed by atoms with Crippen LogP contribution in [0.25, 0.3) is 0 Å². The molecule has 2 aliphatic heterocycles. The van der Waals surface area contributed by atoms with Gasteiger partial charge in [-0.05, 0) is 29.8 Å². The number of thioether (sulfide) groups is 2. The minimum Gasteiger partial charge on any atom is -0.847 e. The molecule has 2 aliphatic rings. The monoisotopic (exact) mass is 337 g/mol. The van der Waals surface area contributed by atoms with Crippen LogP contribution in [-0.2, 0) is 0 Å². The van der Waals surface area contributed by atoms with Gasteiger partial charge in [0.25, 0.3) is 0 Å². The molecule has 0 N–H and O–H groups in total. The van der Waals surface area contributed by atoms with E-state index in [0.717, 1.165) is 20.9 Å². The zero-order valence-electron chi connectivity index (χ0n) is 12.1. The van der Waals surface area contributed by atoms with Gasteiger partial charge in [0.1, 0.15) is 0 Å². The van der Waals surface area contributed by atoms with Gasteiger partial charge >= 0.3 is 0 Å². The Balaban J connectivity index is 1.50. The van der Waals surface area contributed by atoms with E-state index in [1.807, 2.05) is 66.8 Å². The van der Waals surface area contributed by atoms with E-state index in [2.05, 4.69) is 0 Å². The zero-order valence-corrected chi connectivity index (χ0v) is 13.8. The third-order valence-electron chi connectivity index (χ3n) is 3.91. The Morgan fingerprint density at radius 2 is 1.74 bits per heavy atom. The van der Waals surface area contributed by atoms with Gasteiger partial charge in [-0.15, -0.1) is 11.8 Å². The topological polar surface area (TPSA) is 40.1 Å². The van der Waals surface area contributed by atoms with Crippen LogP contribution in [0.15, 0.2) is 81.5 Å². The van der Waals surface area contributed by atoms with E-state index < -0.39 is 6.10 Å². The summed E-state index contributed by atoms with van der Waals surface area (Å²) in [5, 5.41) is 12.3. The Bertz CT molecular complexity index is 839. The van der Waals surface area contributed by atoms with E-state index in [1.54, 1.807) is 11.8 Å². The molecule has 0 saturated carbocycles. The third kappa shape index (κ3) is 2.67. The molecule has 0 fully saturated rings. The lowest BCUT2D eigenvalue weighted by Gasteiger charge is -2.21. The number of fused-ring (bicyclic) bond motifs is 2. The van der Waals surface area contributed by atoms with Crippen molar-refractivity contribution in [1.82, 2.24) is 0 Å². The Labute approximate surface area is 143 Å². The zero-order chi connectivity index (χ0) is 15.8. The van der Waals surface area contributed by atoms with Gasteiger partial charge in [0.15, 0.2) is 0 Å². The number of hydrogen-bond acceptors (Lipinski definition) is 4. The van der Waals surface area contributed by atoms with Gasteiger partial charge in [-0.2, -0.15) is 0 Å². The van der Waals surface area contributed by atoms with Gasteiger partial charge < -0.3 is 5.11 Å². The molecular weight excluding hydrogens is 324 g/mol. The van der Waals surface area contributed by atoms with Crippen molar-refractivity contribution >= 4 is 29.3 Å². The highest BCUT2D eigenvalue weighted by Crippen LogP contribution is 2.43. The van der Waals surface area contributed by atoms with E-state index in [4.69, 9.17) is 0 Å². The molecule has 4 rings (SSSR count). The van der Waals surface area contributed by atoms with Gasteiger partial charge in [0.05, 0.1) is 4.91 Å². The highest BCUT2D eigenvalue weighted by molar-refractivity contribution is 8.04. The highest BCUT2D eigenvalue weighted by atomic mass is 32.2. The normalized spacial score (nSPS) is 24.4. The summed E-state index contributed by atoms with van der Waals surface area (Å²) in [6.45, 7) is 0. The van der Waals surface area contributed by atoms with Crippen LogP contribution < -0.4 is 5.11 Å². The molecule has 0 spiro atoms. The Morgan fingerprint density at radius 1 is 1.00 bits per heavy atom. The summed E-state index contributed by atoms with van der Waals surface area (Å²) in [7, 11) is 0. The first-order valence-electron chi connectivity index (χ1n) is 7.35. The minimum absolute atomic E-state index is 0.0660. The highest BCUT2D eigenvalue weighted by Gasteiger charge is 2.25. The van der Waals surface area contributed by atoms with E-state index in [-0.39, 0.29) is 11.0 Å². The lowest BCUT2D eigenvalue weighted by molar-refractivity contribution is -0.422. The van der Waals surface area contributed by atoms with E-state index in [1.165, 1.54) is 11.8 Å². The molecule has 0 bridgehead atoms. The predicted molar refractivity (Wildman–Crippen MR) is 92.7 cm³/mol. The Morgan fingerprint density at radius 3 is 2.52 bits per heavy atom. The summed E-state index contributed by atoms with van der Waals surface area (Å²) in [5.74, 6) is 0.0660. The number of carbonyl (C=O) groups excluding carboxylic acids is 1. The lowest BCUT2D eigenvalue weighted by atomic mass is 10.1. The summed E-state index contributed by atoms with van der Waals surface area (Å²) in [6, 6.07) is 15.4. The van der Waals surface area contributed by atoms with Gasteiger partial charge in [-0.3, -0.25) is 4.79 Å². The number of ketones is 1. The van der Waals surface area contributed by atoms with E-state index in [9.17, 15) is 9.90 Å². The second-order valence-electron chi connectivity index (χ2n) is 5.38. The SMILES string of the molecule is O=C1/C(=C\C=C\C2Sc3ccccc3C2[O-])Sc2ccccc21. The van der Waals surface area contributed by atoms with Gasteiger partial charge in [0, 0.05) is 20.6 Å². The fourth-order valence-corrected chi connectivity index (χ4v) is 4.97. The van der Waals surface area contributed by atoms with Crippen LogP contribution in [0.5, 0.6) is 0 Å². The molecule has 0 radical (unpaired) electrons. The van der Waals surface area contributed by atoms with Crippen molar-refractivity contribution in [3.05, 3.63) is 82.8 Å². The molecule has 0 aliphatic carbocycles. The predicted octanol–water partition coefficient (Wildman–Crippen LogP) is 3.99. The van der Waals surface area contributed by atoms with Crippen molar-refractivity contribution in [2.45, 2.75) is 21.1 Å². The minimum atomic E-state index is -0.741. The molecule has 2 aromatic rings. The van der Waals surface area contributed by atoms with Crippen molar-refractivity contribution in [1.29, 1.82) is 0 Å².